The lowest BCUT2D eigenvalue weighted by Crippen LogP contribution is -2.19. The van der Waals surface area contributed by atoms with Gasteiger partial charge >= 0.3 is 0 Å². The van der Waals surface area contributed by atoms with Crippen LogP contribution in [0.4, 0.5) is 0 Å². The van der Waals surface area contributed by atoms with Crippen molar-refractivity contribution in [3.63, 3.8) is 0 Å². The van der Waals surface area contributed by atoms with Crippen LogP contribution >= 0.6 is 0 Å². The van der Waals surface area contributed by atoms with Gasteiger partial charge in [0.25, 0.3) is 0 Å². The van der Waals surface area contributed by atoms with E-state index in [4.69, 9.17) is 4.74 Å². The largest absolute Gasteiger partial charge is 0.490 e. The van der Waals surface area contributed by atoms with E-state index in [1.54, 1.807) is 0 Å². The lowest BCUT2D eigenvalue weighted by Gasteiger charge is -2.26. The molecule has 0 radical (unpaired) electrons. The van der Waals surface area contributed by atoms with E-state index in [9.17, 15) is 0 Å². The summed E-state index contributed by atoms with van der Waals surface area (Å²) in [4.78, 5) is 0. The Balaban J connectivity index is 1.90. The van der Waals surface area contributed by atoms with Crippen LogP contribution in [-0.4, -0.2) is 6.10 Å². The molecule has 2 aromatic rings. The first kappa shape index (κ1) is 25.5. The summed E-state index contributed by atoms with van der Waals surface area (Å²) >= 11 is 0. The van der Waals surface area contributed by atoms with Crippen LogP contribution in [0.3, 0.4) is 0 Å². The second kappa shape index (κ2) is 14.3. The lowest BCUT2D eigenvalue weighted by atomic mass is 9.81. The average molecular weight is 423 g/mol. The van der Waals surface area contributed by atoms with Crippen molar-refractivity contribution in [1.29, 1.82) is 0 Å². The molecule has 2 aromatic carbocycles. The molecule has 0 aliphatic heterocycles. The molecule has 0 fully saturated rings. The van der Waals surface area contributed by atoms with Crippen LogP contribution in [0.1, 0.15) is 95.2 Å². The molecule has 0 spiro atoms. The third-order valence-corrected chi connectivity index (χ3v) is 6.81. The Hall–Kier alpha value is -1.76. The van der Waals surface area contributed by atoms with E-state index in [0.29, 0.717) is 5.92 Å². The van der Waals surface area contributed by atoms with Gasteiger partial charge in [0.1, 0.15) is 5.75 Å². The number of benzene rings is 2. The van der Waals surface area contributed by atoms with Crippen molar-refractivity contribution in [2.45, 2.75) is 105 Å². The molecule has 0 aromatic heterocycles. The lowest BCUT2D eigenvalue weighted by molar-refractivity contribution is 0.182. The predicted octanol–water partition coefficient (Wildman–Crippen LogP) is 9.10. The maximum Gasteiger partial charge on any atom is 0.125 e. The van der Waals surface area contributed by atoms with Gasteiger partial charge < -0.3 is 4.74 Å². The van der Waals surface area contributed by atoms with Gasteiger partial charge in [-0.05, 0) is 68.6 Å². The number of aryl methyl sites for hydroxylation is 2. The van der Waals surface area contributed by atoms with Crippen LogP contribution in [0.2, 0.25) is 0 Å². The van der Waals surface area contributed by atoms with E-state index in [2.05, 4.69) is 83.1 Å². The molecule has 1 heteroatoms. The van der Waals surface area contributed by atoms with Gasteiger partial charge in [-0.1, -0.05) is 107 Å². The maximum atomic E-state index is 6.39. The minimum absolute atomic E-state index is 0.260. The van der Waals surface area contributed by atoms with E-state index >= 15 is 0 Å². The number of hydrogen-bond acceptors (Lipinski definition) is 1. The standard InChI is InChI=1S/C30H46O/c1-6-7-8-9-10-14-20-29(26(4)23-28-18-12-11-13-19-28)22-21-27(5)31-30-24(2)16-15-17-25(30)3/h11-13,15-19,26-27,29H,6-10,14,20-23H2,1-5H3/t26-,27?,29?/m0/s1. The van der Waals surface area contributed by atoms with Crippen molar-refractivity contribution >= 4 is 0 Å². The molecule has 2 unspecified atom stereocenters. The zero-order valence-electron chi connectivity index (χ0n) is 20.8. The van der Waals surface area contributed by atoms with E-state index in [0.717, 1.165) is 18.1 Å². The van der Waals surface area contributed by atoms with Gasteiger partial charge in [-0.3, -0.25) is 0 Å². The zero-order chi connectivity index (χ0) is 22.5. The smallest absolute Gasteiger partial charge is 0.125 e. The maximum absolute atomic E-state index is 6.39. The van der Waals surface area contributed by atoms with E-state index in [1.165, 1.54) is 74.5 Å². The summed E-state index contributed by atoms with van der Waals surface area (Å²) in [6.45, 7) is 11.3. The van der Waals surface area contributed by atoms with E-state index < -0.39 is 0 Å². The Bertz CT molecular complexity index is 700. The van der Waals surface area contributed by atoms with Gasteiger partial charge in [-0.15, -0.1) is 0 Å². The van der Waals surface area contributed by atoms with Crippen molar-refractivity contribution in [1.82, 2.24) is 0 Å². The summed E-state index contributed by atoms with van der Waals surface area (Å²) < 4.78 is 6.39. The molecule has 31 heavy (non-hydrogen) atoms. The Labute approximate surface area is 192 Å². The minimum atomic E-state index is 0.260. The Morgan fingerprint density at radius 1 is 0.710 bits per heavy atom. The molecule has 1 nitrogen and oxygen atoms in total. The third-order valence-electron chi connectivity index (χ3n) is 6.81. The molecule has 0 saturated heterocycles. The summed E-state index contributed by atoms with van der Waals surface area (Å²) in [5.41, 5.74) is 3.96. The molecule has 2 rings (SSSR count). The Kier molecular flexibility index (Phi) is 11.8. The molecule has 0 aliphatic carbocycles. The highest BCUT2D eigenvalue weighted by Gasteiger charge is 2.19. The second-order valence-corrected chi connectivity index (χ2v) is 9.71. The normalized spacial score (nSPS) is 14.2. The third kappa shape index (κ3) is 9.50. The summed E-state index contributed by atoms with van der Waals surface area (Å²) in [5.74, 6) is 2.57. The van der Waals surface area contributed by atoms with Crippen LogP contribution < -0.4 is 4.74 Å². The van der Waals surface area contributed by atoms with Gasteiger partial charge in [0.15, 0.2) is 0 Å². The molecule has 0 bridgehead atoms. The van der Waals surface area contributed by atoms with Crippen molar-refractivity contribution in [3.8, 4) is 5.75 Å². The SMILES string of the molecule is CCCCCCCCC(CCC(C)Oc1c(C)cccc1C)[C@@H](C)Cc1ccccc1. The van der Waals surface area contributed by atoms with Crippen LogP contribution in [0.5, 0.6) is 5.75 Å². The highest BCUT2D eigenvalue weighted by atomic mass is 16.5. The molecule has 3 atom stereocenters. The molecular formula is C30H46O. The van der Waals surface area contributed by atoms with Gasteiger partial charge in [0, 0.05) is 0 Å². The number of para-hydroxylation sites is 1. The molecule has 0 saturated carbocycles. The van der Waals surface area contributed by atoms with Gasteiger partial charge in [-0.2, -0.15) is 0 Å². The molecule has 172 valence electrons. The van der Waals surface area contributed by atoms with Crippen molar-refractivity contribution in [3.05, 3.63) is 65.2 Å². The van der Waals surface area contributed by atoms with Crippen LogP contribution in [0.25, 0.3) is 0 Å². The van der Waals surface area contributed by atoms with Gasteiger partial charge in [0.2, 0.25) is 0 Å². The Morgan fingerprint density at radius 3 is 2.03 bits per heavy atom. The topological polar surface area (TPSA) is 9.23 Å². The first-order valence-electron chi connectivity index (χ1n) is 12.8. The second-order valence-electron chi connectivity index (χ2n) is 9.71. The molecule has 0 heterocycles. The number of rotatable bonds is 15. The zero-order valence-corrected chi connectivity index (χ0v) is 20.8. The summed E-state index contributed by atoms with van der Waals surface area (Å²) in [7, 11) is 0. The average Bonchev–Trinajstić information content (AvgIpc) is 2.76. The molecule has 0 aliphatic rings. The van der Waals surface area contributed by atoms with Crippen molar-refractivity contribution in [2.24, 2.45) is 11.8 Å². The van der Waals surface area contributed by atoms with Gasteiger partial charge in [0.05, 0.1) is 6.10 Å². The fraction of sp³-hybridized carbons (Fsp3) is 0.600. The minimum Gasteiger partial charge on any atom is -0.490 e. The monoisotopic (exact) mass is 422 g/mol. The fourth-order valence-electron chi connectivity index (χ4n) is 4.75. The molecule has 0 N–H and O–H groups in total. The van der Waals surface area contributed by atoms with Gasteiger partial charge in [-0.25, -0.2) is 0 Å². The fourth-order valence-corrected chi connectivity index (χ4v) is 4.75. The van der Waals surface area contributed by atoms with Crippen LogP contribution in [-0.2, 0) is 6.42 Å². The highest BCUT2D eigenvalue weighted by Crippen LogP contribution is 2.30. The first-order chi connectivity index (χ1) is 15.0. The van der Waals surface area contributed by atoms with Crippen molar-refractivity contribution < 1.29 is 4.74 Å². The highest BCUT2D eigenvalue weighted by molar-refractivity contribution is 5.39. The predicted molar refractivity (Wildman–Crippen MR) is 136 cm³/mol. The number of ether oxygens (including phenoxy) is 1. The van der Waals surface area contributed by atoms with Crippen LogP contribution in [0.15, 0.2) is 48.5 Å². The Morgan fingerprint density at radius 2 is 1.35 bits per heavy atom. The molecule has 0 amide bonds. The van der Waals surface area contributed by atoms with E-state index in [1.807, 2.05) is 0 Å². The van der Waals surface area contributed by atoms with Crippen molar-refractivity contribution in [2.75, 3.05) is 0 Å². The summed E-state index contributed by atoms with van der Waals surface area (Å²) in [5, 5.41) is 0. The number of hydrogen-bond donors (Lipinski definition) is 0. The molecular weight excluding hydrogens is 376 g/mol. The first-order valence-corrected chi connectivity index (χ1v) is 12.8. The number of unbranched alkanes of at least 4 members (excludes halogenated alkanes) is 5. The van der Waals surface area contributed by atoms with Crippen LogP contribution in [0, 0.1) is 25.7 Å². The summed E-state index contributed by atoms with van der Waals surface area (Å²) in [6.07, 6.45) is 13.5. The van der Waals surface area contributed by atoms with E-state index in [-0.39, 0.29) is 6.10 Å². The quantitative estimate of drug-likeness (QED) is 0.260. The summed E-state index contributed by atoms with van der Waals surface area (Å²) in [6, 6.07) is 17.4.